The van der Waals surface area contributed by atoms with Gasteiger partial charge in [-0.3, -0.25) is 10.1 Å². The SMILES string of the molecule is C[C@H](Sc1nnc(-c2ccc(Cl)cc2Cl)n1N)C(=O)NC(N)=O. The molecule has 1 aromatic carbocycles. The molecular formula is C12H12Cl2N6O2S. The molecular weight excluding hydrogens is 363 g/mol. The third kappa shape index (κ3) is 4.06. The van der Waals surface area contributed by atoms with Gasteiger partial charge in [-0.05, 0) is 25.1 Å². The summed E-state index contributed by atoms with van der Waals surface area (Å²) in [5.74, 6) is 5.71. The third-order valence-corrected chi connectivity index (χ3v) is 4.34. The average Bonchev–Trinajstić information content (AvgIpc) is 2.79. The van der Waals surface area contributed by atoms with Gasteiger partial charge in [0.15, 0.2) is 5.82 Å². The molecule has 0 unspecified atom stereocenters. The first-order chi connectivity index (χ1) is 10.8. The monoisotopic (exact) mass is 374 g/mol. The van der Waals surface area contributed by atoms with Crippen LogP contribution in [0.15, 0.2) is 23.4 Å². The van der Waals surface area contributed by atoms with Crippen molar-refractivity contribution in [2.45, 2.75) is 17.3 Å². The van der Waals surface area contributed by atoms with Crippen molar-refractivity contribution in [1.82, 2.24) is 20.2 Å². The fourth-order valence-electron chi connectivity index (χ4n) is 1.65. The Hall–Kier alpha value is -1.97. The average molecular weight is 375 g/mol. The number of primary amides is 1. The number of benzene rings is 1. The largest absolute Gasteiger partial charge is 0.351 e. The number of hydrogen-bond acceptors (Lipinski definition) is 6. The van der Waals surface area contributed by atoms with E-state index in [9.17, 15) is 9.59 Å². The number of carbonyl (C=O) groups excluding carboxylic acids is 2. The van der Waals surface area contributed by atoms with E-state index >= 15 is 0 Å². The van der Waals surface area contributed by atoms with Crippen LogP contribution < -0.4 is 16.9 Å². The summed E-state index contributed by atoms with van der Waals surface area (Å²) in [7, 11) is 0. The first-order valence-corrected chi connectivity index (χ1v) is 7.86. The fraction of sp³-hybridized carbons (Fsp3) is 0.167. The van der Waals surface area contributed by atoms with Crippen LogP contribution in [0.4, 0.5) is 4.79 Å². The second-order valence-electron chi connectivity index (χ2n) is 4.41. The summed E-state index contributed by atoms with van der Waals surface area (Å²) in [5, 5.41) is 10.3. The minimum absolute atomic E-state index is 0.276. The lowest BCUT2D eigenvalue weighted by Crippen LogP contribution is -2.39. The van der Waals surface area contributed by atoms with Gasteiger partial charge in [0.05, 0.1) is 10.3 Å². The number of aromatic nitrogens is 3. The van der Waals surface area contributed by atoms with Gasteiger partial charge < -0.3 is 11.6 Å². The predicted octanol–water partition coefficient (Wildman–Crippen LogP) is 1.64. The van der Waals surface area contributed by atoms with E-state index in [2.05, 4.69) is 10.2 Å². The van der Waals surface area contributed by atoms with Crippen molar-refractivity contribution >= 4 is 46.9 Å². The zero-order valence-corrected chi connectivity index (χ0v) is 14.1. The van der Waals surface area contributed by atoms with Gasteiger partial charge in [-0.2, -0.15) is 0 Å². The lowest BCUT2D eigenvalue weighted by Gasteiger charge is -2.09. The molecule has 1 heterocycles. The molecule has 5 N–H and O–H groups in total. The minimum Gasteiger partial charge on any atom is -0.351 e. The first kappa shape index (κ1) is 17.4. The van der Waals surface area contributed by atoms with E-state index < -0.39 is 17.2 Å². The molecule has 0 spiro atoms. The van der Waals surface area contributed by atoms with E-state index in [4.69, 9.17) is 34.8 Å². The molecule has 0 aliphatic rings. The predicted molar refractivity (Wildman–Crippen MR) is 88.7 cm³/mol. The van der Waals surface area contributed by atoms with Crippen LogP contribution in [0.5, 0.6) is 0 Å². The molecule has 3 amide bonds. The summed E-state index contributed by atoms with van der Waals surface area (Å²) in [6.45, 7) is 1.58. The smallest absolute Gasteiger partial charge is 0.318 e. The highest BCUT2D eigenvalue weighted by Crippen LogP contribution is 2.30. The normalized spacial score (nSPS) is 12.0. The molecule has 0 bridgehead atoms. The van der Waals surface area contributed by atoms with Crippen molar-refractivity contribution < 1.29 is 9.59 Å². The Bertz CT molecular complexity index is 766. The molecule has 122 valence electrons. The molecule has 1 aromatic heterocycles. The maximum absolute atomic E-state index is 11.7. The molecule has 8 nitrogen and oxygen atoms in total. The van der Waals surface area contributed by atoms with Crippen molar-refractivity contribution in [3.63, 3.8) is 0 Å². The number of nitrogens with zero attached hydrogens (tertiary/aromatic N) is 3. The molecule has 2 aromatic rings. The van der Waals surface area contributed by atoms with E-state index in [1.165, 1.54) is 4.68 Å². The second kappa shape index (κ2) is 7.07. The van der Waals surface area contributed by atoms with Crippen molar-refractivity contribution in [1.29, 1.82) is 0 Å². The maximum atomic E-state index is 11.7. The molecule has 0 saturated heterocycles. The summed E-state index contributed by atoms with van der Waals surface area (Å²) in [6.07, 6.45) is 0. The Morgan fingerprint density at radius 1 is 1.35 bits per heavy atom. The van der Waals surface area contributed by atoms with Crippen molar-refractivity contribution in [2.75, 3.05) is 5.84 Å². The van der Waals surface area contributed by atoms with Crippen molar-refractivity contribution in [2.24, 2.45) is 5.73 Å². The molecule has 0 saturated carbocycles. The highest BCUT2D eigenvalue weighted by Gasteiger charge is 2.21. The summed E-state index contributed by atoms with van der Waals surface area (Å²) >= 11 is 13.0. The van der Waals surface area contributed by atoms with Crippen molar-refractivity contribution in [3.05, 3.63) is 28.2 Å². The molecule has 23 heavy (non-hydrogen) atoms. The number of amides is 3. The standard InChI is InChI=1S/C12H12Cl2N6O2S/c1-5(10(21)17-11(15)22)23-12-19-18-9(20(12)16)7-3-2-6(13)4-8(7)14/h2-5H,16H2,1H3,(H3,15,17,21,22)/t5-/m0/s1. The number of halogens is 2. The molecule has 0 fully saturated rings. The molecule has 0 aliphatic carbocycles. The van der Waals surface area contributed by atoms with Gasteiger partial charge in [-0.1, -0.05) is 35.0 Å². The Labute approximate surface area is 145 Å². The van der Waals surface area contributed by atoms with Gasteiger partial charge in [-0.15, -0.1) is 10.2 Å². The Balaban J connectivity index is 2.22. The van der Waals surface area contributed by atoms with E-state index in [0.717, 1.165) is 11.8 Å². The number of nitrogens with one attached hydrogen (secondary N) is 1. The van der Waals surface area contributed by atoms with Crippen LogP contribution in [0, 0.1) is 0 Å². The molecule has 2 rings (SSSR count). The maximum Gasteiger partial charge on any atom is 0.318 e. The van der Waals surface area contributed by atoms with E-state index in [0.29, 0.717) is 21.4 Å². The molecule has 1 atom stereocenters. The minimum atomic E-state index is -0.926. The topological polar surface area (TPSA) is 129 Å². The van der Waals surface area contributed by atoms with Crippen LogP contribution in [0.25, 0.3) is 11.4 Å². The van der Waals surface area contributed by atoms with E-state index in [1.54, 1.807) is 25.1 Å². The summed E-state index contributed by atoms with van der Waals surface area (Å²) in [5.41, 5.74) is 5.45. The van der Waals surface area contributed by atoms with Crippen LogP contribution >= 0.6 is 35.0 Å². The number of carbonyl (C=O) groups is 2. The zero-order valence-electron chi connectivity index (χ0n) is 11.8. The Morgan fingerprint density at radius 2 is 2.04 bits per heavy atom. The van der Waals surface area contributed by atoms with E-state index in [-0.39, 0.29) is 5.16 Å². The fourth-order valence-corrected chi connectivity index (χ4v) is 2.91. The van der Waals surface area contributed by atoms with Crippen LogP contribution in [0.2, 0.25) is 10.0 Å². The van der Waals surface area contributed by atoms with Gasteiger partial charge in [0.25, 0.3) is 0 Å². The number of thioether (sulfide) groups is 1. The third-order valence-electron chi connectivity index (χ3n) is 2.73. The highest BCUT2D eigenvalue weighted by molar-refractivity contribution is 8.00. The van der Waals surface area contributed by atoms with Gasteiger partial charge in [0, 0.05) is 10.6 Å². The number of rotatable bonds is 4. The molecule has 0 aliphatic heterocycles. The molecule has 0 radical (unpaired) electrons. The van der Waals surface area contributed by atoms with Crippen LogP contribution in [-0.4, -0.2) is 32.1 Å². The second-order valence-corrected chi connectivity index (χ2v) is 6.57. The van der Waals surface area contributed by atoms with Crippen LogP contribution in [0.3, 0.4) is 0 Å². The number of urea groups is 1. The zero-order chi connectivity index (χ0) is 17.1. The number of hydrogen-bond donors (Lipinski definition) is 3. The number of nitrogen functional groups attached to an aromatic ring is 1. The van der Waals surface area contributed by atoms with Gasteiger partial charge in [0.2, 0.25) is 11.1 Å². The summed E-state index contributed by atoms with van der Waals surface area (Å²) < 4.78 is 1.20. The van der Waals surface area contributed by atoms with Crippen molar-refractivity contribution in [3.8, 4) is 11.4 Å². The highest BCUT2D eigenvalue weighted by atomic mass is 35.5. The Kier molecular flexibility index (Phi) is 5.34. The van der Waals surface area contributed by atoms with Crippen LogP contribution in [-0.2, 0) is 4.79 Å². The summed E-state index contributed by atoms with van der Waals surface area (Å²) in [4.78, 5) is 22.4. The first-order valence-electron chi connectivity index (χ1n) is 6.22. The lowest BCUT2D eigenvalue weighted by atomic mass is 10.2. The van der Waals surface area contributed by atoms with E-state index in [1.807, 2.05) is 5.32 Å². The Morgan fingerprint density at radius 3 is 2.65 bits per heavy atom. The quantitative estimate of drug-likeness (QED) is 0.550. The van der Waals surface area contributed by atoms with Gasteiger partial charge >= 0.3 is 6.03 Å². The lowest BCUT2D eigenvalue weighted by molar-refractivity contribution is -0.119. The van der Waals surface area contributed by atoms with Gasteiger partial charge in [0.1, 0.15) is 0 Å². The summed E-state index contributed by atoms with van der Waals surface area (Å²) in [6, 6.07) is 3.94. The number of imide groups is 1. The van der Waals surface area contributed by atoms with Crippen LogP contribution in [0.1, 0.15) is 6.92 Å². The van der Waals surface area contributed by atoms with Gasteiger partial charge in [-0.25, -0.2) is 9.47 Å². The number of nitrogens with two attached hydrogens (primary N) is 2. The molecule has 11 heteroatoms.